The van der Waals surface area contributed by atoms with Crippen LogP contribution >= 0.6 is 0 Å². The van der Waals surface area contributed by atoms with Crippen molar-refractivity contribution in [2.24, 2.45) is 0 Å². The van der Waals surface area contributed by atoms with E-state index in [1.807, 2.05) is 6.08 Å². The number of hydrogen-bond donors (Lipinski definition) is 0. The van der Waals surface area contributed by atoms with Crippen molar-refractivity contribution in [1.82, 2.24) is 0 Å². The lowest BCUT2D eigenvalue weighted by Crippen LogP contribution is -1.91. The minimum absolute atomic E-state index is 1.22. The van der Waals surface area contributed by atoms with Gasteiger partial charge in [-0.25, -0.2) is 0 Å². The molecule has 0 saturated heterocycles. The van der Waals surface area contributed by atoms with E-state index in [0.717, 1.165) is 0 Å². The third kappa shape index (κ3) is 3.47. The molecule has 0 unspecified atom stereocenters. The molecule has 0 aliphatic rings. The van der Waals surface area contributed by atoms with E-state index in [-0.39, 0.29) is 0 Å². The van der Waals surface area contributed by atoms with Crippen molar-refractivity contribution in [3.63, 3.8) is 0 Å². The van der Waals surface area contributed by atoms with Gasteiger partial charge in [-0.1, -0.05) is 146 Å². The lowest BCUT2D eigenvalue weighted by atomic mass is 9.87. The fourth-order valence-electron chi connectivity index (χ4n) is 6.97. The normalized spacial score (nSPS) is 11.6. The van der Waals surface area contributed by atoms with Crippen LogP contribution in [0.4, 0.5) is 0 Å². The van der Waals surface area contributed by atoms with Gasteiger partial charge in [0.25, 0.3) is 0 Å². The Labute approximate surface area is 239 Å². The van der Waals surface area contributed by atoms with Crippen LogP contribution in [0.1, 0.15) is 11.1 Å². The summed E-state index contributed by atoms with van der Waals surface area (Å²) in [5.41, 5.74) is 7.49. The van der Waals surface area contributed by atoms with E-state index in [9.17, 15) is 0 Å². The molecule has 0 fully saturated rings. The molecule has 0 aromatic heterocycles. The highest BCUT2D eigenvalue weighted by atomic mass is 14.2. The number of hydrogen-bond acceptors (Lipinski definition) is 0. The minimum Gasteiger partial charge on any atom is -0.0984 e. The average Bonchev–Trinajstić information content (AvgIpc) is 3.05. The summed E-state index contributed by atoms with van der Waals surface area (Å²) in [5.74, 6) is 0. The van der Waals surface area contributed by atoms with E-state index >= 15 is 0 Å². The smallest absolute Gasteiger partial charge is 0.00204 e. The topological polar surface area (TPSA) is 0 Å². The molecular formula is C41H28. The molecule has 0 heterocycles. The Morgan fingerprint density at radius 3 is 1.27 bits per heavy atom. The number of fused-ring (bicyclic) bond motifs is 9. The highest BCUT2D eigenvalue weighted by Crippen LogP contribution is 2.42. The minimum atomic E-state index is 1.22. The monoisotopic (exact) mass is 520 g/mol. The maximum absolute atomic E-state index is 4.12. The van der Waals surface area contributed by atoms with Crippen LogP contribution < -0.4 is 0 Å². The Hall–Kier alpha value is -5.20. The molecule has 0 nitrogen and oxygen atoms in total. The number of benzene rings is 8. The summed E-state index contributed by atoms with van der Waals surface area (Å²) in [6.45, 7) is 6.34. The second kappa shape index (κ2) is 9.18. The van der Waals surface area contributed by atoms with Gasteiger partial charge in [0.15, 0.2) is 0 Å². The highest BCUT2D eigenvalue weighted by molar-refractivity contribution is 6.28. The molecule has 0 aliphatic heterocycles. The summed E-state index contributed by atoms with van der Waals surface area (Å²) < 4.78 is 0. The first-order chi connectivity index (χ1) is 20.2. The molecule has 192 valence electrons. The predicted molar refractivity (Wildman–Crippen MR) is 180 cm³/mol. The Bertz CT molecular complexity index is 2270. The summed E-state index contributed by atoms with van der Waals surface area (Å²) >= 11 is 0. The van der Waals surface area contributed by atoms with Crippen LogP contribution in [0, 0.1) is 6.92 Å². The summed E-state index contributed by atoms with van der Waals surface area (Å²) in [5, 5.41) is 13.0. The van der Waals surface area contributed by atoms with Crippen molar-refractivity contribution < 1.29 is 0 Å². The molecule has 0 amide bonds. The molecule has 0 aliphatic carbocycles. The quantitative estimate of drug-likeness (QED) is 0.203. The van der Waals surface area contributed by atoms with Crippen LogP contribution in [0.15, 0.2) is 140 Å². The Morgan fingerprint density at radius 2 is 0.756 bits per heavy atom. The molecule has 0 spiro atoms. The fourth-order valence-corrected chi connectivity index (χ4v) is 6.97. The lowest BCUT2D eigenvalue weighted by Gasteiger charge is -2.17. The van der Waals surface area contributed by atoms with Gasteiger partial charge < -0.3 is 0 Å². The van der Waals surface area contributed by atoms with Crippen molar-refractivity contribution in [2.45, 2.75) is 6.92 Å². The zero-order valence-electron chi connectivity index (χ0n) is 23.0. The van der Waals surface area contributed by atoms with E-state index in [0.29, 0.717) is 0 Å². The third-order valence-electron chi connectivity index (χ3n) is 8.84. The first-order valence-corrected chi connectivity index (χ1v) is 14.2. The van der Waals surface area contributed by atoms with Gasteiger partial charge in [0.2, 0.25) is 0 Å². The zero-order valence-corrected chi connectivity index (χ0v) is 23.0. The van der Waals surface area contributed by atoms with Crippen LogP contribution in [0.2, 0.25) is 0 Å². The van der Waals surface area contributed by atoms with Crippen molar-refractivity contribution >= 4 is 59.9 Å². The second-order valence-corrected chi connectivity index (χ2v) is 10.9. The molecule has 0 radical (unpaired) electrons. The van der Waals surface area contributed by atoms with Gasteiger partial charge in [-0.3, -0.25) is 0 Å². The van der Waals surface area contributed by atoms with Crippen LogP contribution in [0.5, 0.6) is 0 Å². The summed E-state index contributed by atoms with van der Waals surface area (Å²) in [6, 6.07) is 48.9. The van der Waals surface area contributed by atoms with Crippen LogP contribution in [-0.2, 0) is 0 Å². The number of aryl methyl sites for hydroxylation is 1. The zero-order chi connectivity index (χ0) is 27.5. The molecule has 0 bridgehead atoms. The lowest BCUT2D eigenvalue weighted by molar-refractivity contribution is 1.52. The molecule has 0 atom stereocenters. The highest BCUT2D eigenvalue weighted by Gasteiger charge is 2.15. The van der Waals surface area contributed by atoms with E-state index in [1.54, 1.807) is 0 Å². The molecular weight excluding hydrogens is 492 g/mol. The largest absolute Gasteiger partial charge is 0.0984 e. The van der Waals surface area contributed by atoms with E-state index in [1.165, 1.54) is 87.2 Å². The molecule has 8 aromatic carbocycles. The van der Waals surface area contributed by atoms with Crippen molar-refractivity contribution in [3.05, 3.63) is 151 Å². The molecule has 8 rings (SSSR count). The summed E-state index contributed by atoms with van der Waals surface area (Å²) in [6.07, 6.45) is 2.00. The van der Waals surface area contributed by atoms with Crippen molar-refractivity contribution in [3.8, 4) is 22.3 Å². The standard InChI is InChI=1S/C41H28/c1-3-29-26(2)30-18-10-19-31(40(30)37-16-8-6-12-33(29)37)27-22-24-28(25-23-27)32-20-11-21-39-36-14-5-4-13-34(36)35-15-7-9-17-38(35)41(32)39/h3-25H,1H2,2H3. The van der Waals surface area contributed by atoms with Crippen LogP contribution in [0.3, 0.4) is 0 Å². The molecule has 0 N–H and O–H groups in total. The van der Waals surface area contributed by atoms with Gasteiger partial charge in [0, 0.05) is 0 Å². The van der Waals surface area contributed by atoms with Gasteiger partial charge in [-0.2, -0.15) is 0 Å². The van der Waals surface area contributed by atoms with Crippen LogP contribution in [-0.4, -0.2) is 0 Å². The van der Waals surface area contributed by atoms with E-state index in [2.05, 4.69) is 147 Å². The molecule has 0 saturated carbocycles. The fraction of sp³-hybridized carbons (Fsp3) is 0.0244. The van der Waals surface area contributed by atoms with Gasteiger partial charge in [0.1, 0.15) is 0 Å². The Morgan fingerprint density at radius 1 is 0.390 bits per heavy atom. The van der Waals surface area contributed by atoms with Crippen LogP contribution in [0.25, 0.3) is 82.2 Å². The molecule has 8 aromatic rings. The SMILES string of the molecule is C=Cc1c(C)c2cccc(-c3ccc(-c4cccc5c6ccccc6c6ccccc6c45)cc3)c2c2ccccc12. The maximum Gasteiger partial charge on any atom is -0.00204 e. The molecule has 41 heavy (non-hydrogen) atoms. The van der Waals surface area contributed by atoms with Crippen molar-refractivity contribution in [2.75, 3.05) is 0 Å². The first-order valence-electron chi connectivity index (χ1n) is 14.2. The molecule has 0 heteroatoms. The van der Waals surface area contributed by atoms with E-state index < -0.39 is 0 Å². The maximum atomic E-state index is 4.12. The Kier molecular flexibility index (Phi) is 5.30. The Balaban J connectivity index is 1.36. The summed E-state index contributed by atoms with van der Waals surface area (Å²) in [7, 11) is 0. The van der Waals surface area contributed by atoms with Gasteiger partial charge in [-0.05, 0) is 94.2 Å². The van der Waals surface area contributed by atoms with Gasteiger partial charge >= 0.3 is 0 Å². The third-order valence-corrected chi connectivity index (χ3v) is 8.84. The van der Waals surface area contributed by atoms with Gasteiger partial charge in [0.05, 0.1) is 0 Å². The van der Waals surface area contributed by atoms with E-state index in [4.69, 9.17) is 0 Å². The second-order valence-electron chi connectivity index (χ2n) is 10.9. The predicted octanol–water partition coefficient (Wildman–Crippen LogP) is 11.7. The average molecular weight is 521 g/mol. The first kappa shape index (κ1) is 23.7. The summed E-state index contributed by atoms with van der Waals surface area (Å²) in [4.78, 5) is 0. The number of rotatable bonds is 3. The van der Waals surface area contributed by atoms with Crippen molar-refractivity contribution in [1.29, 1.82) is 0 Å². The van der Waals surface area contributed by atoms with Gasteiger partial charge in [-0.15, -0.1) is 0 Å².